The highest BCUT2D eigenvalue weighted by atomic mass is 19.1. The molecule has 0 amide bonds. The molecule has 0 aliphatic carbocycles. The number of fused-ring (bicyclic) bond motifs is 1. The summed E-state index contributed by atoms with van der Waals surface area (Å²) < 4.78 is 15.1. The lowest BCUT2D eigenvalue weighted by Gasteiger charge is -2.18. The number of hydrogen-bond donors (Lipinski definition) is 1. The number of carbonyl (C=O) groups is 1. The zero-order valence-electron chi connectivity index (χ0n) is 12.0. The van der Waals surface area contributed by atoms with Crippen LogP contribution in [0, 0.1) is 5.82 Å². The summed E-state index contributed by atoms with van der Waals surface area (Å²) in [6.07, 6.45) is -0.240. The molecule has 5 nitrogen and oxygen atoms in total. The number of halogens is 1. The Kier molecular flexibility index (Phi) is 4.37. The number of pyridine rings is 1. The second kappa shape index (κ2) is 6.05. The zero-order chi connectivity index (χ0) is 15.6. The largest absolute Gasteiger partial charge is 0.481 e. The number of benzene rings is 1. The van der Waals surface area contributed by atoms with Gasteiger partial charge in [0.15, 0.2) is 5.43 Å². The smallest absolute Gasteiger partial charge is 0.309 e. The summed E-state index contributed by atoms with van der Waals surface area (Å²) in [4.78, 5) is 25.0. The van der Waals surface area contributed by atoms with E-state index in [9.17, 15) is 14.0 Å². The minimum absolute atomic E-state index is 0.240. The molecule has 0 bridgehead atoms. The van der Waals surface area contributed by atoms with E-state index in [0.717, 1.165) is 0 Å². The van der Waals surface area contributed by atoms with Crippen molar-refractivity contribution < 1.29 is 14.3 Å². The van der Waals surface area contributed by atoms with Crippen LogP contribution >= 0.6 is 0 Å². The van der Waals surface area contributed by atoms with Gasteiger partial charge in [-0.1, -0.05) is 0 Å². The fourth-order valence-corrected chi connectivity index (χ4v) is 2.27. The lowest BCUT2D eigenvalue weighted by molar-refractivity contribution is -0.136. The third kappa shape index (κ3) is 3.46. The van der Waals surface area contributed by atoms with E-state index in [1.807, 2.05) is 19.0 Å². The molecule has 0 saturated heterocycles. The van der Waals surface area contributed by atoms with Crippen molar-refractivity contribution in [1.82, 2.24) is 9.47 Å². The summed E-state index contributed by atoms with van der Waals surface area (Å²) in [6, 6.07) is 5.27. The Morgan fingerprint density at radius 2 is 2.05 bits per heavy atom. The van der Waals surface area contributed by atoms with Crippen molar-refractivity contribution in [3.63, 3.8) is 0 Å². The molecule has 1 aromatic heterocycles. The summed E-state index contributed by atoms with van der Waals surface area (Å²) >= 11 is 0. The van der Waals surface area contributed by atoms with Crippen LogP contribution < -0.4 is 5.43 Å². The summed E-state index contributed by atoms with van der Waals surface area (Å²) in [5.41, 5.74) is 0.623. The number of rotatable bonds is 5. The third-order valence-corrected chi connectivity index (χ3v) is 3.26. The normalized spacial score (nSPS) is 11.2. The number of nitrogens with zero attached hydrogens (tertiary/aromatic N) is 2. The third-order valence-electron chi connectivity index (χ3n) is 3.26. The molecule has 1 heterocycles. The molecule has 1 aromatic carbocycles. The van der Waals surface area contributed by atoms with Gasteiger partial charge in [-0.25, -0.2) is 4.39 Å². The van der Waals surface area contributed by atoms with E-state index >= 15 is 0 Å². The molecule has 112 valence electrons. The van der Waals surface area contributed by atoms with Crippen LogP contribution in [0.1, 0.15) is 5.69 Å². The van der Waals surface area contributed by atoms with Crippen molar-refractivity contribution in [3.05, 3.63) is 46.0 Å². The lowest BCUT2D eigenvalue weighted by Crippen LogP contribution is -2.23. The molecular formula is C15H17FN2O3. The van der Waals surface area contributed by atoms with Crippen molar-refractivity contribution >= 4 is 16.9 Å². The molecular weight excluding hydrogens is 275 g/mol. The number of likely N-dealkylation sites (N-methyl/N-ethyl adjacent to an activating group) is 1. The predicted octanol–water partition coefficient (Wildman–Crippen LogP) is 1.33. The summed E-state index contributed by atoms with van der Waals surface area (Å²) in [7, 11) is 3.81. The molecule has 0 spiro atoms. The van der Waals surface area contributed by atoms with Crippen molar-refractivity contribution in [2.45, 2.75) is 13.0 Å². The van der Waals surface area contributed by atoms with E-state index in [1.165, 1.54) is 24.3 Å². The van der Waals surface area contributed by atoms with Gasteiger partial charge in [0.2, 0.25) is 0 Å². The fourth-order valence-electron chi connectivity index (χ4n) is 2.27. The zero-order valence-corrected chi connectivity index (χ0v) is 12.0. The van der Waals surface area contributed by atoms with Gasteiger partial charge < -0.3 is 14.6 Å². The van der Waals surface area contributed by atoms with E-state index in [1.54, 1.807) is 4.57 Å². The van der Waals surface area contributed by atoms with Crippen molar-refractivity contribution in [1.29, 1.82) is 0 Å². The molecule has 1 N–H and O–H groups in total. The van der Waals surface area contributed by atoms with Crippen LogP contribution in [-0.2, 0) is 17.8 Å². The van der Waals surface area contributed by atoms with Gasteiger partial charge in [0.1, 0.15) is 5.82 Å². The monoisotopic (exact) mass is 292 g/mol. The van der Waals surface area contributed by atoms with Gasteiger partial charge in [-0.15, -0.1) is 0 Å². The molecule has 0 radical (unpaired) electrons. The maximum Gasteiger partial charge on any atom is 0.309 e. The first-order valence-electron chi connectivity index (χ1n) is 6.57. The Hall–Kier alpha value is -2.21. The van der Waals surface area contributed by atoms with Gasteiger partial charge in [-0.3, -0.25) is 9.59 Å². The number of hydrogen-bond acceptors (Lipinski definition) is 3. The van der Waals surface area contributed by atoms with Crippen LogP contribution in [0.3, 0.4) is 0 Å². The maximum absolute atomic E-state index is 13.3. The molecule has 0 fully saturated rings. The van der Waals surface area contributed by atoms with Gasteiger partial charge in [0.25, 0.3) is 0 Å². The average Bonchev–Trinajstić information content (AvgIpc) is 2.38. The van der Waals surface area contributed by atoms with Crippen LogP contribution in [0.15, 0.2) is 29.1 Å². The minimum Gasteiger partial charge on any atom is -0.481 e. The molecule has 0 aliphatic rings. The van der Waals surface area contributed by atoms with E-state index in [0.29, 0.717) is 24.3 Å². The Balaban J connectivity index is 2.64. The van der Waals surface area contributed by atoms with E-state index < -0.39 is 11.8 Å². The molecule has 0 unspecified atom stereocenters. The molecule has 6 heteroatoms. The molecule has 0 atom stereocenters. The van der Waals surface area contributed by atoms with Crippen molar-refractivity contribution in [3.8, 4) is 0 Å². The Morgan fingerprint density at radius 1 is 1.33 bits per heavy atom. The van der Waals surface area contributed by atoms with Gasteiger partial charge in [-0.2, -0.15) is 0 Å². The van der Waals surface area contributed by atoms with Gasteiger partial charge in [-0.05, 0) is 32.3 Å². The Bertz CT molecular complexity index is 738. The standard InChI is InChI=1S/C15H17FN2O3/c1-17(2)5-6-18-11(9-15(20)21)8-14(19)12-7-10(16)3-4-13(12)18/h3-4,7-8H,5-6,9H2,1-2H3,(H,20,21). The van der Waals surface area contributed by atoms with E-state index in [4.69, 9.17) is 5.11 Å². The highest BCUT2D eigenvalue weighted by molar-refractivity contribution is 5.80. The predicted molar refractivity (Wildman–Crippen MR) is 78.1 cm³/mol. The van der Waals surface area contributed by atoms with Crippen LogP contribution in [0.4, 0.5) is 4.39 Å². The van der Waals surface area contributed by atoms with E-state index in [2.05, 4.69) is 0 Å². The van der Waals surface area contributed by atoms with Crippen LogP contribution in [0.5, 0.6) is 0 Å². The van der Waals surface area contributed by atoms with E-state index in [-0.39, 0.29) is 17.2 Å². The average molecular weight is 292 g/mol. The highest BCUT2D eigenvalue weighted by Gasteiger charge is 2.12. The van der Waals surface area contributed by atoms with Crippen molar-refractivity contribution in [2.24, 2.45) is 0 Å². The highest BCUT2D eigenvalue weighted by Crippen LogP contribution is 2.15. The summed E-state index contributed by atoms with van der Waals surface area (Å²) in [6.45, 7) is 1.21. The lowest BCUT2D eigenvalue weighted by atomic mass is 10.1. The Labute approximate surface area is 121 Å². The van der Waals surface area contributed by atoms with Crippen LogP contribution in [-0.4, -0.2) is 41.2 Å². The summed E-state index contributed by atoms with van der Waals surface area (Å²) in [5.74, 6) is -1.49. The number of carboxylic acids is 1. The van der Waals surface area contributed by atoms with Gasteiger partial charge >= 0.3 is 5.97 Å². The molecule has 2 aromatic rings. The SMILES string of the molecule is CN(C)CCn1c(CC(=O)O)cc(=O)c2cc(F)ccc21. The number of aliphatic carboxylic acids is 1. The molecule has 0 saturated carbocycles. The maximum atomic E-state index is 13.3. The van der Waals surface area contributed by atoms with Gasteiger partial charge in [0.05, 0.1) is 11.9 Å². The number of carboxylic acid groups (broad SMARTS) is 1. The number of aromatic nitrogens is 1. The topological polar surface area (TPSA) is 62.5 Å². The van der Waals surface area contributed by atoms with Gasteiger partial charge in [0, 0.05) is 30.2 Å². The minimum atomic E-state index is -1.01. The fraction of sp³-hybridized carbons (Fsp3) is 0.333. The van der Waals surface area contributed by atoms with Crippen molar-refractivity contribution in [2.75, 3.05) is 20.6 Å². The van der Waals surface area contributed by atoms with Crippen LogP contribution in [0.25, 0.3) is 10.9 Å². The molecule has 2 rings (SSSR count). The quantitative estimate of drug-likeness (QED) is 0.903. The second-order valence-corrected chi connectivity index (χ2v) is 5.19. The molecule has 0 aliphatic heterocycles. The van der Waals surface area contributed by atoms with Crippen LogP contribution in [0.2, 0.25) is 0 Å². The first kappa shape index (κ1) is 15.2. The first-order valence-corrected chi connectivity index (χ1v) is 6.57. The summed E-state index contributed by atoms with van der Waals surface area (Å²) in [5, 5.41) is 9.26. The molecule has 21 heavy (non-hydrogen) atoms. The Morgan fingerprint density at radius 3 is 2.67 bits per heavy atom. The second-order valence-electron chi connectivity index (χ2n) is 5.19. The first-order chi connectivity index (χ1) is 9.88.